The van der Waals surface area contributed by atoms with E-state index in [0.29, 0.717) is 12.2 Å². The highest BCUT2D eigenvalue weighted by Crippen LogP contribution is 2.02. The monoisotopic (exact) mass is 275 g/mol. The standard InChI is InChI=1S/C10H14BrNO3/c1-14-7-9(2-4-11)12-10(13)8-3-5-15-6-8/h3,5-6,9H,2,4,7H2,1H3,(H,12,13). The van der Waals surface area contributed by atoms with E-state index < -0.39 is 0 Å². The molecule has 0 radical (unpaired) electrons. The van der Waals surface area contributed by atoms with Gasteiger partial charge in [0.15, 0.2) is 0 Å². The van der Waals surface area contributed by atoms with Gasteiger partial charge in [0.2, 0.25) is 0 Å². The van der Waals surface area contributed by atoms with Crippen LogP contribution < -0.4 is 5.32 Å². The van der Waals surface area contributed by atoms with Crippen LogP contribution in [-0.4, -0.2) is 31.0 Å². The summed E-state index contributed by atoms with van der Waals surface area (Å²) >= 11 is 3.33. The molecule has 0 fully saturated rings. The topological polar surface area (TPSA) is 51.5 Å². The minimum atomic E-state index is -0.133. The van der Waals surface area contributed by atoms with E-state index >= 15 is 0 Å². The van der Waals surface area contributed by atoms with Crippen molar-refractivity contribution in [2.24, 2.45) is 0 Å². The summed E-state index contributed by atoms with van der Waals surface area (Å²) in [7, 11) is 1.62. The van der Waals surface area contributed by atoms with Crippen LogP contribution in [0.15, 0.2) is 23.0 Å². The van der Waals surface area contributed by atoms with E-state index in [2.05, 4.69) is 21.2 Å². The highest BCUT2D eigenvalue weighted by atomic mass is 79.9. The maximum Gasteiger partial charge on any atom is 0.254 e. The van der Waals surface area contributed by atoms with Gasteiger partial charge in [-0.2, -0.15) is 0 Å². The van der Waals surface area contributed by atoms with E-state index in [4.69, 9.17) is 9.15 Å². The smallest absolute Gasteiger partial charge is 0.254 e. The van der Waals surface area contributed by atoms with Gasteiger partial charge in [-0.25, -0.2) is 0 Å². The van der Waals surface area contributed by atoms with Crippen molar-refractivity contribution in [2.45, 2.75) is 12.5 Å². The van der Waals surface area contributed by atoms with Gasteiger partial charge in [-0.1, -0.05) is 15.9 Å². The maximum atomic E-state index is 11.6. The summed E-state index contributed by atoms with van der Waals surface area (Å²) in [6.45, 7) is 0.509. The number of amides is 1. The number of methoxy groups -OCH3 is 1. The van der Waals surface area contributed by atoms with E-state index in [0.717, 1.165) is 11.8 Å². The number of hydrogen-bond donors (Lipinski definition) is 1. The summed E-state index contributed by atoms with van der Waals surface area (Å²) < 4.78 is 9.85. The molecule has 15 heavy (non-hydrogen) atoms. The molecular formula is C10H14BrNO3. The zero-order valence-electron chi connectivity index (χ0n) is 8.53. The summed E-state index contributed by atoms with van der Waals surface area (Å²) in [5.41, 5.74) is 0.533. The number of carbonyl (C=O) groups excluding carboxylic acids is 1. The lowest BCUT2D eigenvalue weighted by atomic mass is 10.2. The highest BCUT2D eigenvalue weighted by molar-refractivity contribution is 9.09. The summed E-state index contributed by atoms with van der Waals surface area (Å²) in [6, 6.07) is 1.66. The zero-order valence-corrected chi connectivity index (χ0v) is 10.1. The van der Waals surface area contributed by atoms with Crippen LogP contribution in [0.2, 0.25) is 0 Å². The van der Waals surface area contributed by atoms with Crippen LogP contribution in [0.25, 0.3) is 0 Å². The molecule has 1 rings (SSSR count). The molecule has 84 valence electrons. The third-order valence-electron chi connectivity index (χ3n) is 1.94. The van der Waals surface area contributed by atoms with Crippen LogP contribution in [0, 0.1) is 0 Å². The molecule has 1 N–H and O–H groups in total. The minimum absolute atomic E-state index is 0.0248. The Morgan fingerprint density at radius 1 is 1.73 bits per heavy atom. The van der Waals surface area contributed by atoms with Crippen molar-refractivity contribution < 1.29 is 13.9 Å². The molecule has 4 nitrogen and oxygen atoms in total. The quantitative estimate of drug-likeness (QED) is 0.806. The van der Waals surface area contributed by atoms with Crippen LogP contribution in [0.1, 0.15) is 16.8 Å². The fourth-order valence-corrected chi connectivity index (χ4v) is 1.75. The molecule has 0 aliphatic rings. The predicted molar refractivity (Wildman–Crippen MR) is 60.2 cm³/mol. The van der Waals surface area contributed by atoms with E-state index in [9.17, 15) is 4.79 Å². The summed E-state index contributed by atoms with van der Waals surface area (Å²) in [5.74, 6) is -0.133. The van der Waals surface area contributed by atoms with Crippen molar-refractivity contribution in [3.63, 3.8) is 0 Å². The first-order valence-corrected chi connectivity index (χ1v) is 5.78. The SMILES string of the molecule is COCC(CCBr)NC(=O)c1ccoc1. The first kappa shape index (κ1) is 12.3. The Morgan fingerprint density at radius 3 is 3.07 bits per heavy atom. The Bertz CT molecular complexity index is 281. The van der Waals surface area contributed by atoms with Crippen molar-refractivity contribution in [3.05, 3.63) is 24.2 Å². The molecule has 0 aliphatic carbocycles. The average molecular weight is 276 g/mol. The Balaban J connectivity index is 2.47. The van der Waals surface area contributed by atoms with Gasteiger partial charge in [0.05, 0.1) is 24.5 Å². The number of alkyl halides is 1. The molecule has 0 aromatic carbocycles. The molecule has 0 bridgehead atoms. The van der Waals surface area contributed by atoms with Crippen molar-refractivity contribution in [1.82, 2.24) is 5.32 Å². The van der Waals surface area contributed by atoms with Gasteiger partial charge in [-0.15, -0.1) is 0 Å². The first-order chi connectivity index (χ1) is 7.27. The van der Waals surface area contributed by atoms with E-state index in [-0.39, 0.29) is 11.9 Å². The Labute approximate surface area is 97.1 Å². The molecule has 1 unspecified atom stereocenters. The number of furan rings is 1. The largest absolute Gasteiger partial charge is 0.472 e. The molecule has 0 spiro atoms. The van der Waals surface area contributed by atoms with E-state index in [1.807, 2.05) is 0 Å². The average Bonchev–Trinajstić information content (AvgIpc) is 2.71. The van der Waals surface area contributed by atoms with Gasteiger partial charge in [-0.05, 0) is 12.5 Å². The number of ether oxygens (including phenoxy) is 1. The maximum absolute atomic E-state index is 11.6. The van der Waals surface area contributed by atoms with Gasteiger partial charge < -0.3 is 14.5 Å². The first-order valence-electron chi connectivity index (χ1n) is 4.66. The molecule has 1 aromatic heterocycles. The lowest BCUT2D eigenvalue weighted by Crippen LogP contribution is -2.38. The van der Waals surface area contributed by atoms with E-state index in [1.54, 1.807) is 13.2 Å². The molecule has 5 heteroatoms. The number of rotatable bonds is 6. The van der Waals surface area contributed by atoms with Crippen LogP contribution in [0.4, 0.5) is 0 Å². The van der Waals surface area contributed by atoms with Crippen LogP contribution in [0.5, 0.6) is 0 Å². The number of carbonyl (C=O) groups is 1. The second-order valence-corrected chi connectivity index (χ2v) is 3.91. The van der Waals surface area contributed by atoms with Crippen molar-refractivity contribution >= 4 is 21.8 Å². The van der Waals surface area contributed by atoms with Gasteiger partial charge in [0.25, 0.3) is 5.91 Å². The second-order valence-electron chi connectivity index (χ2n) is 3.12. The van der Waals surface area contributed by atoms with Crippen molar-refractivity contribution in [1.29, 1.82) is 0 Å². The Morgan fingerprint density at radius 2 is 2.53 bits per heavy atom. The summed E-state index contributed by atoms with van der Waals surface area (Å²) in [6.07, 6.45) is 3.73. The van der Waals surface area contributed by atoms with E-state index in [1.165, 1.54) is 12.5 Å². The molecule has 1 heterocycles. The Hall–Kier alpha value is -0.810. The summed E-state index contributed by atoms with van der Waals surface area (Å²) in [4.78, 5) is 11.6. The zero-order chi connectivity index (χ0) is 11.1. The minimum Gasteiger partial charge on any atom is -0.472 e. The number of halogens is 1. The number of nitrogens with one attached hydrogen (secondary N) is 1. The molecule has 1 atom stereocenters. The fraction of sp³-hybridized carbons (Fsp3) is 0.500. The summed E-state index contributed by atoms with van der Waals surface area (Å²) in [5, 5.41) is 3.69. The molecule has 1 aromatic rings. The molecule has 1 amide bonds. The number of hydrogen-bond acceptors (Lipinski definition) is 3. The van der Waals surface area contributed by atoms with Gasteiger partial charge in [0.1, 0.15) is 6.26 Å². The van der Waals surface area contributed by atoms with Crippen LogP contribution in [0.3, 0.4) is 0 Å². The molecule has 0 saturated carbocycles. The highest BCUT2D eigenvalue weighted by Gasteiger charge is 2.13. The lowest BCUT2D eigenvalue weighted by molar-refractivity contribution is 0.0895. The van der Waals surface area contributed by atoms with Crippen LogP contribution >= 0.6 is 15.9 Å². The predicted octanol–water partition coefficient (Wildman–Crippen LogP) is 1.81. The van der Waals surface area contributed by atoms with Gasteiger partial charge in [0, 0.05) is 12.4 Å². The van der Waals surface area contributed by atoms with Crippen molar-refractivity contribution in [2.75, 3.05) is 19.0 Å². The van der Waals surface area contributed by atoms with Crippen LogP contribution in [-0.2, 0) is 4.74 Å². The molecule has 0 aliphatic heterocycles. The molecular weight excluding hydrogens is 262 g/mol. The van der Waals surface area contributed by atoms with Gasteiger partial charge >= 0.3 is 0 Å². The normalized spacial score (nSPS) is 12.4. The third kappa shape index (κ3) is 4.05. The van der Waals surface area contributed by atoms with Gasteiger partial charge in [-0.3, -0.25) is 4.79 Å². The Kier molecular flexibility index (Phi) is 5.42. The third-order valence-corrected chi connectivity index (χ3v) is 2.40. The lowest BCUT2D eigenvalue weighted by Gasteiger charge is -2.15. The molecule has 0 saturated heterocycles. The van der Waals surface area contributed by atoms with Crippen molar-refractivity contribution in [3.8, 4) is 0 Å². The second kappa shape index (κ2) is 6.63. The fourth-order valence-electron chi connectivity index (χ4n) is 1.19.